The van der Waals surface area contributed by atoms with Gasteiger partial charge in [-0.1, -0.05) is 13.3 Å². The predicted octanol–water partition coefficient (Wildman–Crippen LogP) is 1.12. The van der Waals surface area contributed by atoms with Crippen LogP contribution in [0.5, 0.6) is 0 Å². The standard InChI is InChI=1S/C11H23NO2/c1-3-10-5-6-12(7-10)8-11(13)9-14-4-2/h10-11,13H,3-9H2,1-2H3. The molecule has 1 heterocycles. The fourth-order valence-electron chi connectivity index (χ4n) is 2.02. The molecule has 0 aromatic heterocycles. The number of likely N-dealkylation sites (tertiary alicyclic amines) is 1. The molecule has 0 aromatic carbocycles. The summed E-state index contributed by atoms with van der Waals surface area (Å²) in [5.74, 6) is 0.842. The van der Waals surface area contributed by atoms with Crippen molar-refractivity contribution in [3.63, 3.8) is 0 Å². The first-order valence-electron chi connectivity index (χ1n) is 5.74. The van der Waals surface area contributed by atoms with E-state index < -0.39 is 0 Å². The van der Waals surface area contributed by atoms with Crippen molar-refractivity contribution in [1.82, 2.24) is 4.90 Å². The molecule has 14 heavy (non-hydrogen) atoms. The quantitative estimate of drug-likeness (QED) is 0.699. The maximum atomic E-state index is 9.63. The molecule has 84 valence electrons. The van der Waals surface area contributed by atoms with Gasteiger partial charge in [0.15, 0.2) is 0 Å². The second-order valence-corrected chi connectivity index (χ2v) is 4.14. The van der Waals surface area contributed by atoms with Gasteiger partial charge in [-0.05, 0) is 25.8 Å². The van der Waals surface area contributed by atoms with Crippen LogP contribution in [0.4, 0.5) is 0 Å². The van der Waals surface area contributed by atoms with Gasteiger partial charge in [0.25, 0.3) is 0 Å². The van der Waals surface area contributed by atoms with Crippen molar-refractivity contribution >= 4 is 0 Å². The Kier molecular flexibility index (Phi) is 5.45. The zero-order valence-electron chi connectivity index (χ0n) is 9.41. The summed E-state index contributed by atoms with van der Waals surface area (Å²) in [4.78, 5) is 2.35. The highest BCUT2D eigenvalue weighted by atomic mass is 16.5. The average Bonchev–Trinajstić information content (AvgIpc) is 2.62. The number of aliphatic hydroxyl groups excluding tert-OH is 1. The number of β-amino-alcohol motifs (C(OH)–C–C–N with tert-alkyl or cyclic N) is 1. The summed E-state index contributed by atoms with van der Waals surface area (Å²) in [5, 5.41) is 9.63. The van der Waals surface area contributed by atoms with E-state index in [9.17, 15) is 5.11 Å². The van der Waals surface area contributed by atoms with Crippen molar-refractivity contribution in [2.24, 2.45) is 5.92 Å². The molecule has 0 aromatic rings. The molecule has 0 spiro atoms. The number of nitrogens with zero attached hydrogens (tertiary/aromatic N) is 1. The van der Waals surface area contributed by atoms with Crippen molar-refractivity contribution in [1.29, 1.82) is 0 Å². The summed E-state index contributed by atoms with van der Waals surface area (Å²) in [5.41, 5.74) is 0. The van der Waals surface area contributed by atoms with E-state index in [1.54, 1.807) is 0 Å². The number of aliphatic hydroxyl groups is 1. The Labute approximate surface area is 87.1 Å². The molecule has 1 aliphatic rings. The fourth-order valence-corrected chi connectivity index (χ4v) is 2.02. The molecule has 3 nitrogen and oxygen atoms in total. The summed E-state index contributed by atoms with van der Waals surface area (Å²) >= 11 is 0. The summed E-state index contributed by atoms with van der Waals surface area (Å²) in [6, 6.07) is 0. The Balaban J connectivity index is 2.12. The maximum absolute atomic E-state index is 9.63. The van der Waals surface area contributed by atoms with Gasteiger partial charge in [0.1, 0.15) is 0 Å². The fraction of sp³-hybridized carbons (Fsp3) is 1.00. The van der Waals surface area contributed by atoms with E-state index in [4.69, 9.17) is 4.74 Å². The molecule has 0 radical (unpaired) electrons. The Bertz CT molecular complexity index is 152. The average molecular weight is 201 g/mol. The molecule has 1 saturated heterocycles. The molecule has 0 saturated carbocycles. The number of rotatable bonds is 6. The molecule has 0 amide bonds. The lowest BCUT2D eigenvalue weighted by Gasteiger charge is -2.19. The van der Waals surface area contributed by atoms with Crippen LogP contribution in [0.15, 0.2) is 0 Å². The van der Waals surface area contributed by atoms with Crippen LogP contribution >= 0.6 is 0 Å². The van der Waals surface area contributed by atoms with Crippen LogP contribution in [-0.2, 0) is 4.74 Å². The Morgan fingerprint density at radius 3 is 2.86 bits per heavy atom. The number of hydrogen-bond acceptors (Lipinski definition) is 3. The molecule has 1 rings (SSSR count). The third-order valence-electron chi connectivity index (χ3n) is 2.93. The summed E-state index contributed by atoms with van der Waals surface area (Å²) in [7, 11) is 0. The van der Waals surface area contributed by atoms with E-state index in [-0.39, 0.29) is 6.10 Å². The maximum Gasteiger partial charge on any atom is 0.0900 e. The lowest BCUT2D eigenvalue weighted by molar-refractivity contribution is 0.0246. The lowest BCUT2D eigenvalue weighted by atomic mass is 10.1. The van der Waals surface area contributed by atoms with Gasteiger partial charge < -0.3 is 14.7 Å². The van der Waals surface area contributed by atoms with Crippen LogP contribution in [0, 0.1) is 5.92 Å². The van der Waals surface area contributed by atoms with Gasteiger partial charge in [-0.2, -0.15) is 0 Å². The topological polar surface area (TPSA) is 32.7 Å². The first-order chi connectivity index (χ1) is 6.76. The summed E-state index contributed by atoms with van der Waals surface area (Å²) in [6.07, 6.45) is 2.24. The minimum Gasteiger partial charge on any atom is -0.389 e. The van der Waals surface area contributed by atoms with Crippen LogP contribution in [0.2, 0.25) is 0 Å². The second kappa shape index (κ2) is 6.38. The van der Waals surface area contributed by atoms with Gasteiger partial charge in [-0.25, -0.2) is 0 Å². The third-order valence-corrected chi connectivity index (χ3v) is 2.93. The van der Waals surface area contributed by atoms with E-state index in [0.29, 0.717) is 13.2 Å². The van der Waals surface area contributed by atoms with Gasteiger partial charge in [0.2, 0.25) is 0 Å². The normalized spacial score (nSPS) is 25.5. The molecule has 2 unspecified atom stereocenters. The summed E-state index contributed by atoms with van der Waals surface area (Å²) in [6.45, 7) is 8.43. The first-order valence-corrected chi connectivity index (χ1v) is 5.74. The molecule has 1 fully saturated rings. The highest BCUT2D eigenvalue weighted by Crippen LogP contribution is 2.18. The van der Waals surface area contributed by atoms with Crippen LogP contribution < -0.4 is 0 Å². The zero-order chi connectivity index (χ0) is 10.4. The molecule has 1 aliphatic heterocycles. The Morgan fingerprint density at radius 1 is 1.50 bits per heavy atom. The van der Waals surface area contributed by atoms with Crippen molar-refractivity contribution in [2.45, 2.75) is 32.8 Å². The van der Waals surface area contributed by atoms with Crippen LogP contribution in [0.25, 0.3) is 0 Å². The highest BCUT2D eigenvalue weighted by Gasteiger charge is 2.22. The monoisotopic (exact) mass is 201 g/mol. The lowest BCUT2D eigenvalue weighted by Crippen LogP contribution is -2.33. The molecule has 3 heteroatoms. The number of hydrogen-bond donors (Lipinski definition) is 1. The Morgan fingerprint density at radius 2 is 2.29 bits per heavy atom. The van der Waals surface area contributed by atoms with Crippen molar-refractivity contribution < 1.29 is 9.84 Å². The van der Waals surface area contributed by atoms with Crippen LogP contribution in [0.1, 0.15) is 26.7 Å². The zero-order valence-corrected chi connectivity index (χ0v) is 9.41. The predicted molar refractivity (Wildman–Crippen MR) is 57.3 cm³/mol. The van der Waals surface area contributed by atoms with E-state index in [0.717, 1.165) is 25.6 Å². The molecular weight excluding hydrogens is 178 g/mol. The van der Waals surface area contributed by atoms with Crippen molar-refractivity contribution in [3.8, 4) is 0 Å². The van der Waals surface area contributed by atoms with Crippen LogP contribution in [0.3, 0.4) is 0 Å². The SMILES string of the molecule is CCOCC(O)CN1CCC(CC)C1. The minimum absolute atomic E-state index is 0.314. The minimum atomic E-state index is -0.314. The molecule has 0 aliphatic carbocycles. The van der Waals surface area contributed by atoms with E-state index in [2.05, 4.69) is 11.8 Å². The smallest absolute Gasteiger partial charge is 0.0900 e. The molecule has 0 bridgehead atoms. The highest BCUT2D eigenvalue weighted by molar-refractivity contribution is 4.76. The molecular formula is C11H23NO2. The summed E-state index contributed by atoms with van der Waals surface area (Å²) < 4.78 is 5.18. The van der Waals surface area contributed by atoms with Crippen molar-refractivity contribution in [2.75, 3.05) is 32.8 Å². The molecule has 2 atom stereocenters. The van der Waals surface area contributed by atoms with E-state index in [1.807, 2.05) is 6.92 Å². The first kappa shape index (κ1) is 12.0. The van der Waals surface area contributed by atoms with Gasteiger partial charge in [-0.3, -0.25) is 0 Å². The molecule has 1 N–H and O–H groups in total. The van der Waals surface area contributed by atoms with E-state index >= 15 is 0 Å². The van der Waals surface area contributed by atoms with E-state index in [1.165, 1.54) is 12.8 Å². The van der Waals surface area contributed by atoms with Gasteiger partial charge >= 0.3 is 0 Å². The van der Waals surface area contributed by atoms with Gasteiger partial charge in [0.05, 0.1) is 12.7 Å². The van der Waals surface area contributed by atoms with Crippen LogP contribution in [-0.4, -0.2) is 49.0 Å². The largest absolute Gasteiger partial charge is 0.389 e. The van der Waals surface area contributed by atoms with Gasteiger partial charge in [0, 0.05) is 19.7 Å². The van der Waals surface area contributed by atoms with Crippen molar-refractivity contribution in [3.05, 3.63) is 0 Å². The third kappa shape index (κ3) is 3.95. The Hall–Kier alpha value is -0.120. The number of ether oxygens (including phenoxy) is 1. The second-order valence-electron chi connectivity index (χ2n) is 4.14. The van der Waals surface area contributed by atoms with Gasteiger partial charge in [-0.15, -0.1) is 0 Å².